The smallest absolute Gasteiger partial charge is 0.209 e. The number of aromatic nitrogens is 1. The number of nitrogens with zero attached hydrogens (tertiary/aromatic N) is 1. The van der Waals surface area contributed by atoms with Gasteiger partial charge in [0, 0.05) is 21.1 Å². The molecule has 0 aliphatic rings. The van der Waals surface area contributed by atoms with Gasteiger partial charge in [0.05, 0.1) is 10.4 Å². The summed E-state index contributed by atoms with van der Waals surface area (Å²) in [7, 11) is -3.80. The Labute approximate surface area is 139 Å². The molecular weight excluding hydrogens is 393 g/mol. The van der Waals surface area contributed by atoms with Crippen LogP contribution in [0, 0.1) is 5.82 Å². The van der Waals surface area contributed by atoms with E-state index in [1.807, 2.05) is 0 Å². The van der Waals surface area contributed by atoms with Crippen molar-refractivity contribution in [1.29, 1.82) is 0 Å². The molecule has 0 aliphatic carbocycles. The van der Waals surface area contributed by atoms with Gasteiger partial charge in [0.25, 0.3) is 0 Å². The average molecular weight is 401 g/mol. The zero-order valence-electron chi connectivity index (χ0n) is 10.9. The van der Waals surface area contributed by atoms with E-state index in [1.165, 1.54) is 18.3 Å². The third-order valence-corrected chi connectivity index (χ3v) is 6.28. The van der Waals surface area contributed by atoms with Crippen LogP contribution in [-0.4, -0.2) is 13.4 Å². The molecule has 0 fully saturated rings. The molecule has 0 N–H and O–H groups in total. The molecule has 0 atom stereocenters. The minimum absolute atomic E-state index is 0.00436. The monoisotopic (exact) mass is 399 g/mol. The van der Waals surface area contributed by atoms with Gasteiger partial charge < -0.3 is 0 Å². The molecule has 0 aliphatic heterocycles. The summed E-state index contributed by atoms with van der Waals surface area (Å²) in [6.07, 6.45) is 1.27. The van der Waals surface area contributed by atoms with Crippen LogP contribution in [0.2, 0.25) is 5.02 Å². The van der Waals surface area contributed by atoms with Crippen LogP contribution in [0.4, 0.5) is 4.39 Å². The Morgan fingerprint density at radius 3 is 2.45 bits per heavy atom. The summed E-state index contributed by atoms with van der Waals surface area (Å²) in [6.45, 7) is 0. The van der Waals surface area contributed by atoms with Crippen LogP contribution in [0.1, 0.15) is 0 Å². The van der Waals surface area contributed by atoms with Gasteiger partial charge in [0.2, 0.25) is 9.84 Å². The van der Waals surface area contributed by atoms with Crippen molar-refractivity contribution >= 4 is 48.3 Å². The second-order valence-corrected chi connectivity index (χ2v) is 7.70. The molecule has 0 spiro atoms. The van der Waals surface area contributed by atoms with Crippen LogP contribution in [0.15, 0.2) is 62.9 Å². The van der Waals surface area contributed by atoms with Crippen molar-refractivity contribution in [1.82, 2.24) is 4.98 Å². The predicted molar refractivity (Wildman–Crippen MR) is 86.3 cm³/mol. The van der Waals surface area contributed by atoms with E-state index in [9.17, 15) is 12.8 Å². The summed E-state index contributed by atoms with van der Waals surface area (Å²) in [6, 6.07) is 9.66. The standard InChI is InChI=1S/C15H8BrClFNO2S/c16-15-12-6-1-9(17)7-13(12)19-8-14(15)22(20,21)11-4-2-10(18)3-5-11/h1-8H. The highest BCUT2D eigenvalue weighted by atomic mass is 79.9. The fourth-order valence-electron chi connectivity index (χ4n) is 2.04. The lowest BCUT2D eigenvalue weighted by atomic mass is 10.2. The topological polar surface area (TPSA) is 47.0 Å². The summed E-state index contributed by atoms with van der Waals surface area (Å²) in [5.74, 6) is -0.496. The van der Waals surface area contributed by atoms with Crippen LogP contribution in [-0.2, 0) is 9.84 Å². The van der Waals surface area contributed by atoms with E-state index < -0.39 is 15.7 Å². The normalized spacial score (nSPS) is 11.8. The molecule has 0 bridgehead atoms. The molecule has 7 heteroatoms. The second-order valence-electron chi connectivity index (χ2n) is 4.56. The molecule has 3 rings (SSSR count). The lowest BCUT2D eigenvalue weighted by Gasteiger charge is -2.09. The fraction of sp³-hybridized carbons (Fsp3) is 0. The van der Waals surface area contributed by atoms with Gasteiger partial charge in [-0.2, -0.15) is 0 Å². The van der Waals surface area contributed by atoms with Crippen molar-refractivity contribution in [3.63, 3.8) is 0 Å². The maximum Gasteiger partial charge on any atom is 0.209 e. The van der Waals surface area contributed by atoms with Crippen molar-refractivity contribution in [2.75, 3.05) is 0 Å². The van der Waals surface area contributed by atoms with Crippen molar-refractivity contribution in [3.05, 3.63) is 64.0 Å². The molecule has 0 radical (unpaired) electrons. The molecule has 3 aromatic rings. The van der Waals surface area contributed by atoms with Crippen LogP contribution >= 0.6 is 27.5 Å². The Bertz CT molecular complexity index is 975. The van der Waals surface area contributed by atoms with Gasteiger partial charge in [-0.1, -0.05) is 17.7 Å². The summed E-state index contributed by atoms with van der Waals surface area (Å²) >= 11 is 9.22. The van der Waals surface area contributed by atoms with Gasteiger partial charge in [-0.25, -0.2) is 12.8 Å². The molecule has 1 heterocycles. The number of halogens is 3. The molecule has 1 aromatic heterocycles. The van der Waals surface area contributed by atoms with Crippen molar-refractivity contribution < 1.29 is 12.8 Å². The molecule has 2 aromatic carbocycles. The summed E-state index contributed by atoms with van der Waals surface area (Å²) in [5, 5.41) is 1.15. The lowest BCUT2D eigenvalue weighted by Crippen LogP contribution is -2.04. The van der Waals surface area contributed by atoms with Gasteiger partial charge in [-0.05, 0) is 52.3 Å². The minimum atomic E-state index is -3.80. The highest BCUT2D eigenvalue weighted by molar-refractivity contribution is 9.10. The van der Waals surface area contributed by atoms with E-state index in [0.717, 1.165) is 12.1 Å². The van der Waals surface area contributed by atoms with E-state index >= 15 is 0 Å². The van der Waals surface area contributed by atoms with Gasteiger partial charge in [0.15, 0.2) is 0 Å². The number of sulfone groups is 1. The Morgan fingerprint density at radius 2 is 1.77 bits per heavy atom. The average Bonchev–Trinajstić information content (AvgIpc) is 2.47. The van der Waals surface area contributed by atoms with E-state index in [-0.39, 0.29) is 9.79 Å². The quantitative estimate of drug-likeness (QED) is 0.590. The number of fused-ring (bicyclic) bond motifs is 1. The largest absolute Gasteiger partial charge is 0.255 e. The number of pyridine rings is 1. The molecule has 0 saturated heterocycles. The first kappa shape index (κ1) is 15.4. The number of hydrogen-bond acceptors (Lipinski definition) is 3. The molecule has 0 saturated carbocycles. The van der Waals surface area contributed by atoms with E-state index in [1.54, 1.807) is 18.2 Å². The minimum Gasteiger partial charge on any atom is -0.255 e. The van der Waals surface area contributed by atoms with Crippen LogP contribution in [0.25, 0.3) is 10.9 Å². The first-order valence-electron chi connectivity index (χ1n) is 6.14. The van der Waals surface area contributed by atoms with E-state index in [0.29, 0.717) is 20.4 Å². The van der Waals surface area contributed by atoms with Crippen molar-refractivity contribution in [2.24, 2.45) is 0 Å². The van der Waals surface area contributed by atoms with Crippen LogP contribution < -0.4 is 0 Å². The third-order valence-electron chi connectivity index (χ3n) is 3.15. The van der Waals surface area contributed by atoms with E-state index in [2.05, 4.69) is 20.9 Å². The zero-order chi connectivity index (χ0) is 15.9. The Kier molecular flexibility index (Phi) is 3.92. The Balaban J connectivity index is 2.23. The lowest BCUT2D eigenvalue weighted by molar-refractivity contribution is 0.594. The highest BCUT2D eigenvalue weighted by Gasteiger charge is 2.22. The molecular formula is C15H8BrClFNO2S. The highest BCUT2D eigenvalue weighted by Crippen LogP contribution is 2.33. The molecule has 0 unspecified atom stereocenters. The van der Waals surface area contributed by atoms with Crippen LogP contribution in [0.5, 0.6) is 0 Å². The fourth-order valence-corrected chi connectivity index (χ4v) is 4.57. The number of hydrogen-bond donors (Lipinski definition) is 0. The molecule has 0 amide bonds. The number of rotatable bonds is 2. The third kappa shape index (κ3) is 2.62. The maximum absolute atomic E-state index is 13.0. The number of benzene rings is 2. The summed E-state index contributed by atoms with van der Waals surface area (Å²) in [4.78, 5) is 4.17. The van der Waals surface area contributed by atoms with Crippen molar-refractivity contribution in [2.45, 2.75) is 9.79 Å². The van der Waals surface area contributed by atoms with Gasteiger partial charge in [-0.15, -0.1) is 0 Å². The van der Waals surface area contributed by atoms with Gasteiger partial charge in [-0.3, -0.25) is 4.98 Å². The molecule has 3 nitrogen and oxygen atoms in total. The van der Waals surface area contributed by atoms with E-state index in [4.69, 9.17) is 11.6 Å². The summed E-state index contributed by atoms with van der Waals surface area (Å²) < 4.78 is 38.7. The first-order valence-corrected chi connectivity index (χ1v) is 8.79. The Morgan fingerprint density at radius 1 is 1.09 bits per heavy atom. The van der Waals surface area contributed by atoms with Gasteiger partial charge >= 0.3 is 0 Å². The maximum atomic E-state index is 13.0. The zero-order valence-corrected chi connectivity index (χ0v) is 14.1. The Hall–Kier alpha value is -1.50. The van der Waals surface area contributed by atoms with Crippen LogP contribution in [0.3, 0.4) is 0 Å². The SMILES string of the molecule is O=S(=O)(c1ccc(F)cc1)c1cnc2cc(Cl)ccc2c1Br. The predicted octanol–water partition coefficient (Wildman–Crippen LogP) is 4.62. The first-order chi connectivity index (χ1) is 10.4. The molecule has 22 heavy (non-hydrogen) atoms. The summed E-state index contributed by atoms with van der Waals surface area (Å²) in [5.41, 5.74) is 0.581. The van der Waals surface area contributed by atoms with Gasteiger partial charge in [0.1, 0.15) is 10.7 Å². The second kappa shape index (κ2) is 5.61. The molecule has 112 valence electrons. The van der Waals surface area contributed by atoms with Crippen molar-refractivity contribution in [3.8, 4) is 0 Å².